The van der Waals surface area contributed by atoms with Crippen LogP contribution in [0.4, 0.5) is 0 Å². The van der Waals surface area contributed by atoms with E-state index in [1.807, 2.05) is 91.0 Å². The molecular formula is C40H51IO9. The highest BCUT2D eigenvalue weighted by Gasteiger charge is 2.32. The SMILES string of the molecule is CC(C)(CC(=O)O)C(=O)c1ccccc1.CC(C)C(=O)c1ccccc1.CCOC(=O)CC(C)(C)C(=O)c1ccccc1.CCOC(=O)CI. The molecule has 3 aromatic carbocycles. The van der Waals surface area contributed by atoms with E-state index >= 15 is 0 Å². The minimum absolute atomic E-state index is 0.0360. The van der Waals surface area contributed by atoms with E-state index in [0.717, 1.165) is 5.56 Å². The molecule has 9 nitrogen and oxygen atoms in total. The largest absolute Gasteiger partial charge is 0.481 e. The van der Waals surface area contributed by atoms with Crippen LogP contribution in [0.25, 0.3) is 0 Å². The summed E-state index contributed by atoms with van der Waals surface area (Å²) in [6, 6.07) is 27.1. The first-order valence-electron chi connectivity index (χ1n) is 16.3. The zero-order valence-electron chi connectivity index (χ0n) is 30.4. The highest BCUT2D eigenvalue weighted by molar-refractivity contribution is 14.1. The van der Waals surface area contributed by atoms with E-state index in [1.165, 1.54) is 0 Å². The molecule has 272 valence electrons. The minimum atomic E-state index is -0.954. The molecule has 0 spiro atoms. The fourth-order valence-corrected chi connectivity index (χ4v) is 4.43. The van der Waals surface area contributed by atoms with E-state index in [2.05, 4.69) is 4.74 Å². The van der Waals surface area contributed by atoms with E-state index in [0.29, 0.717) is 28.8 Å². The zero-order chi connectivity index (χ0) is 38.3. The molecular weight excluding hydrogens is 751 g/mol. The van der Waals surface area contributed by atoms with Gasteiger partial charge >= 0.3 is 17.9 Å². The van der Waals surface area contributed by atoms with Gasteiger partial charge in [-0.05, 0) is 13.8 Å². The molecule has 3 rings (SSSR count). The Kier molecular flexibility index (Phi) is 22.0. The Morgan fingerprint density at radius 3 is 1.24 bits per heavy atom. The van der Waals surface area contributed by atoms with Crippen LogP contribution >= 0.6 is 22.6 Å². The number of carbonyl (C=O) groups is 6. The Balaban J connectivity index is 0.000000669. The molecule has 0 heterocycles. The van der Waals surface area contributed by atoms with Crippen LogP contribution in [0.1, 0.15) is 99.3 Å². The van der Waals surface area contributed by atoms with Crippen molar-refractivity contribution in [3.05, 3.63) is 108 Å². The summed E-state index contributed by atoms with van der Waals surface area (Å²) in [5.74, 6) is -1.28. The average Bonchev–Trinajstić information content (AvgIpc) is 3.08. The van der Waals surface area contributed by atoms with Crippen LogP contribution in [0.15, 0.2) is 91.0 Å². The summed E-state index contributed by atoms with van der Waals surface area (Å²) in [5, 5.41) is 8.69. The van der Waals surface area contributed by atoms with Gasteiger partial charge in [-0.2, -0.15) is 0 Å². The number of carboxylic acids is 1. The van der Waals surface area contributed by atoms with Gasteiger partial charge in [0.05, 0.1) is 30.5 Å². The third-order valence-electron chi connectivity index (χ3n) is 6.78. The maximum Gasteiger partial charge on any atom is 0.315 e. The molecule has 50 heavy (non-hydrogen) atoms. The van der Waals surface area contributed by atoms with E-state index in [1.54, 1.807) is 77.9 Å². The summed E-state index contributed by atoms with van der Waals surface area (Å²) >= 11 is 1.96. The quantitative estimate of drug-likeness (QED) is 0.0778. The van der Waals surface area contributed by atoms with Crippen LogP contribution < -0.4 is 0 Å². The van der Waals surface area contributed by atoms with Gasteiger partial charge in [-0.15, -0.1) is 0 Å². The molecule has 1 N–H and O–H groups in total. The number of ketones is 3. The molecule has 0 radical (unpaired) electrons. The molecule has 0 aromatic heterocycles. The maximum atomic E-state index is 12.2. The molecule has 0 saturated heterocycles. The lowest BCUT2D eigenvalue weighted by atomic mass is 9.81. The molecule has 0 aliphatic rings. The van der Waals surface area contributed by atoms with Gasteiger partial charge < -0.3 is 14.6 Å². The summed E-state index contributed by atoms with van der Waals surface area (Å²) < 4.78 is 9.87. The second-order valence-electron chi connectivity index (χ2n) is 12.5. The second kappa shape index (κ2) is 24.0. The van der Waals surface area contributed by atoms with Crippen LogP contribution in [0.3, 0.4) is 0 Å². The topological polar surface area (TPSA) is 141 Å². The number of alkyl halides is 1. The summed E-state index contributed by atoms with van der Waals surface area (Å²) in [6.07, 6.45) is -0.0463. The van der Waals surface area contributed by atoms with Gasteiger partial charge in [0.25, 0.3) is 0 Å². The van der Waals surface area contributed by atoms with Gasteiger partial charge in [-0.25, -0.2) is 0 Å². The smallest absolute Gasteiger partial charge is 0.315 e. The monoisotopic (exact) mass is 802 g/mol. The molecule has 10 heteroatoms. The third kappa shape index (κ3) is 18.5. The highest BCUT2D eigenvalue weighted by Crippen LogP contribution is 2.27. The molecule has 0 bridgehead atoms. The van der Waals surface area contributed by atoms with Crippen LogP contribution in [-0.2, 0) is 23.9 Å². The van der Waals surface area contributed by atoms with Crippen molar-refractivity contribution in [2.45, 2.75) is 68.2 Å². The van der Waals surface area contributed by atoms with Crippen molar-refractivity contribution in [2.24, 2.45) is 16.7 Å². The molecule has 0 amide bonds. The van der Waals surface area contributed by atoms with Gasteiger partial charge in [0.1, 0.15) is 0 Å². The van der Waals surface area contributed by atoms with Crippen molar-refractivity contribution >= 4 is 57.8 Å². The molecule has 0 unspecified atom stereocenters. The number of hydrogen-bond donors (Lipinski definition) is 1. The molecule has 0 fully saturated rings. The first-order valence-corrected chi connectivity index (χ1v) is 17.8. The number of carboxylic acid groups (broad SMARTS) is 1. The Morgan fingerprint density at radius 2 is 0.940 bits per heavy atom. The van der Waals surface area contributed by atoms with E-state index < -0.39 is 16.8 Å². The minimum Gasteiger partial charge on any atom is -0.481 e. The van der Waals surface area contributed by atoms with Crippen molar-refractivity contribution in [3.63, 3.8) is 0 Å². The predicted octanol–water partition coefficient (Wildman–Crippen LogP) is 8.73. The third-order valence-corrected chi connectivity index (χ3v) is 7.41. The lowest BCUT2D eigenvalue weighted by Gasteiger charge is -2.21. The number of hydrogen-bond acceptors (Lipinski definition) is 8. The number of carbonyl (C=O) groups excluding carboxylic acids is 5. The molecule has 0 saturated carbocycles. The maximum absolute atomic E-state index is 12.2. The summed E-state index contributed by atoms with van der Waals surface area (Å²) in [6.45, 7) is 15.0. The van der Waals surface area contributed by atoms with E-state index in [9.17, 15) is 28.8 Å². The van der Waals surface area contributed by atoms with Crippen molar-refractivity contribution < 1.29 is 43.3 Å². The van der Waals surface area contributed by atoms with Crippen molar-refractivity contribution in [3.8, 4) is 0 Å². The number of benzene rings is 3. The fraction of sp³-hybridized carbons (Fsp3) is 0.400. The van der Waals surface area contributed by atoms with E-state index in [4.69, 9.17) is 9.84 Å². The summed E-state index contributed by atoms with van der Waals surface area (Å²) in [4.78, 5) is 67.7. The normalized spacial score (nSPS) is 10.4. The lowest BCUT2D eigenvalue weighted by molar-refractivity contribution is -0.145. The number of rotatable bonds is 13. The van der Waals surface area contributed by atoms with Gasteiger partial charge in [0.2, 0.25) is 0 Å². The Bertz CT molecular complexity index is 1480. The number of aliphatic carboxylic acids is 1. The molecule has 0 aliphatic heterocycles. The summed E-state index contributed by atoms with van der Waals surface area (Å²) in [7, 11) is 0. The first kappa shape index (κ1) is 45.8. The van der Waals surface area contributed by atoms with Crippen molar-refractivity contribution in [1.29, 1.82) is 0 Å². The van der Waals surface area contributed by atoms with Crippen LogP contribution in [0, 0.1) is 16.7 Å². The van der Waals surface area contributed by atoms with Crippen LogP contribution in [-0.4, -0.2) is 58.0 Å². The highest BCUT2D eigenvalue weighted by atomic mass is 127. The van der Waals surface area contributed by atoms with Crippen molar-refractivity contribution in [2.75, 3.05) is 17.6 Å². The Hall–Kier alpha value is -4.19. The fourth-order valence-electron chi connectivity index (χ4n) is 4.21. The zero-order valence-corrected chi connectivity index (χ0v) is 32.5. The molecule has 3 aromatic rings. The van der Waals surface area contributed by atoms with Gasteiger partial charge in [-0.3, -0.25) is 28.8 Å². The van der Waals surface area contributed by atoms with Crippen LogP contribution in [0.2, 0.25) is 0 Å². The standard InChI is InChI=1S/C14H18O3.C12H14O3.C10H12O.C4H7IO2/c1-4-17-12(15)10-14(2,3)13(16)11-8-6-5-7-9-11;1-12(2,8-10(13)14)11(15)9-6-4-3-5-7-9;1-8(2)10(11)9-6-4-3-5-7-9;1-2-7-4(6)3-5/h5-9H,4,10H2,1-3H3;3-7H,8H2,1-2H3,(H,13,14);3-8H,1-2H3;2-3H2,1H3. The molecule has 0 atom stereocenters. The Labute approximate surface area is 310 Å². The number of ether oxygens (including phenoxy) is 2. The van der Waals surface area contributed by atoms with Crippen molar-refractivity contribution in [1.82, 2.24) is 0 Å². The number of Topliss-reactive ketones (excluding diaryl/α,β-unsaturated/α-hetero) is 3. The first-order chi connectivity index (χ1) is 23.4. The van der Waals surface area contributed by atoms with Crippen LogP contribution in [0.5, 0.6) is 0 Å². The van der Waals surface area contributed by atoms with E-state index in [-0.39, 0.29) is 48.0 Å². The van der Waals surface area contributed by atoms with Gasteiger partial charge in [0.15, 0.2) is 17.3 Å². The van der Waals surface area contributed by atoms with Gasteiger partial charge in [0, 0.05) is 33.4 Å². The number of halogens is 1. The molecule has 0 aliphatic carbocycles. The Morgan fingerprint density at radius 1 is 0.600 bits per heavy atom. The predicted molar refractivity (Wildman–Crippen MR) is 204 cm³/mol. The number of esters is 2. The average molecular weight is 803 g/mol. The van der Waals surface area contributed by atoms with Gasteiger partial charge in [-0.1, -0.05) is 155 Å². The summed E-state index contributed by atoms with van der Waals surface area (Å²) in [5.41, 5.74) is 0.411. The second-order valence-corrected chi connectivity index (χ2v) is 13.3. The lowest BCUT2D eigenvalue weighted by Crippen LogP contribution is -2.28.